The van der Waals surface area contributed by atoms with Gasteiger partial charge in [-0.3, -0.25) is 10.1 Å². The maximum Gasteiger partial charge on any atom is 0.273 e. The van der Waals surface area contributed by atoms with Crippen LogP contribution in [0.1, 0.15) is 32.3 Å². The smallest absolute Gasteiger partial charge is 0.273 e. The number of nitro groups is 1. The summed E-state index contributed by atoms with van der Waals surface area (Å²) in [5, 5.41) is 19.9. The number of aliphatic hydroxyl groups excluding tert-OH is 1. The first-order valence-corrected chi connectivity index (χ1v) is 5.51. The Kier molecular flexibility index (Phi) is 4.45. The third-order valence-corrected chi connectivity index (χ3v) is 2.34. The minimum atomic E-state index is -0.458. The summed E-state index contributed by atoms with van der Waals surface area (Å²) in [7, 11) is 0. The van der Waals surface area contributed by atoms with E-state index in [-0.39, 0.29) is 24.3 Å². The maximum absolute atomic E-state index is 10.8. The van der Waals surface area contributed by atoms with E-state index in [9.17, 15) is 10.1 Å². The number of nitrogens with zero attached hydrogens (tertiary/aromatic N) is 1. The molecule has 0 bridgehead atoms. The van der Waals surface area contributed by atoms with Crippen LogP contribution in [-0.4, -0.2) is 22.7 Å². The third kappa shape index (κ3) is 3.71. The van der Waals surface area contributed by atoms with Gasteiger partial charge in [0.05, 0.1) is 17.1 Å². The summed E-state index contributed by atoms with van der Waals surface area (Å²) in [5.41, 5.74) is 0.691. The van der Waals surface area contributed by atoms with Crippen molar-refractivity contribution < 1.29 is 14.8 Å². The lowest BCUT2D eigenvalue weighted by Crippen LogP contribution is -2.07. The van der Waals surface area contributed by atoms with Gasteiger partial charge in [0.25, 0.3) is 5.69 Å². The number of rotatable bonds is 5. The van der Waals surface area contributed by atoms with Crippen LogP contribution in [-0.2, 0) is 0 Å². The molecule has 5 nitrogen and oxygen atoms in total. The standard InChI is InChI=1S/C12H17NO4/c1-8(2)17-12-5-10(9(3)7-14)4-11(6-12)13(15)16/h4-6,8-9,14H,7H2,1-3H3. The molecule has 1 rings (SSSR count). The van der Waals surface area contributed by atoms with E-state index in [1.54, 1.807) is 13.0 Å². The molecule has 1 unspecified atom stereocenters. The lowest BCUT2D eigenvalue weighted by Gasteiger charge is -2.13. The Balaban J connectivity index is 3.13. The van der Waals surface area contributed by atoms with Crippen LogP contribution in [0.4, 0.5) is 5.69 Å². The molecule has 1 aromatic carbocycles. The second kappa shape index (κ2) is 5.63. The van der Waals surface area contributed by atoms with Gasteiger partial charge >= 0.3 is 0 Å². The molecule has 0 spiro atoms. The quantitative estimate of drug-likeness (QED) is 0.632. The molecule has 0 aromatic heterocycles. The molecule has 5 heteroatoms. The lowest BCUT2D eigenvalue weighted by molar-refractivity contribution is -0.385. The average molecular weight is 239 g/mol. The first-order valence-electron chi connectivity index (χ1n) is 5.51. The van der Waals surface area contributed by atoms with Gasteiger partial charge in [-0.1, -0.05) is 6.92 Å². The van der Waals surface area contributed by atoms with Crippen molar-refractivity contribution in [2.45, 2.75) is 32.8 Å². The summed E-state index contributed by atoms with van der Waals surface area (Å²) in [4.78, 5) is 10.3. The van der Waals surface area contributed by atoms with Gasteiger partial charge in [-0.05, 0) is 25.5 Å². The van der Waals surface area contributed by atoms with Crippen molar-refractivity contribution in [1.29, 1.82) is 0 Å². The van der Waals surface area contributed by atoms with Crippen molar-refractivity contribution in [2.24, 2.45) is 0 Å². The zero-order chi connectivity index (χ0) is 13.0. The second-order valence-corrected chi connectivity index (χ2v) is 4.27. The second-order valence-electron chi connectivity index (χ2n) is 4.27. The van der Waals surface area contributed by atoms with Crippen LogP contribution >= 0.6 is 0 Å². The molecule has 17 heavy (non-hydrogen) atoms. The maximum atomic E-state index is 10.8. The van der Waals surface area contributed by atoms with Crippen molar-refractivity contribution in [1.82, 2.24) is 0 Å². The molecule has 0 fully saturated rings. The van der Waals surface area contributed by atoms with Crippen LogP contribution in [0.5, 0.6) is 5.75 Å². The van der Waals surface area contributed by atoms with Gasteiger partial charge in [0.15, 0.2) is 0 Å². The van der Waals surface area contributed by atoms with E-state index in [1.165, 1.54) is 12.1 Å². The van der Waals surface area contributed by atoms with Crippen LogP contribution in [0.25, 0.3) is 0 Å². The lowest BCUT2D eigenvalue weighted by atomic mass is 10.0. The predicted molar refractivity (Wildman–Crippen MR) is 64.4 cm³/mol. The molecule has 0 aliphatic carbocycles. The predicted octanol–water partition coefficient (Wildman–Crippen LogP) is 2.48. The highest BCUT2D eigenvalue weighted by atomic mass is 16.6. The van der Waals surface area contributed by atoms with E-state index < -0.39 is 4.92 Å². The number of hydrogen-bond donors (Lipinski definition) is 1. The number of hydrogen-bond acceptors (Lipinski definition) is 4. The zero-order valence-electron chi connectivity index (χ0n) is 10.2. The Hall–Kier alpha value is -1.62. The SMILES string of the molecule is CC(C)Oc1cc(C(C)CO)cc([N+](=O)[O-])c1. The molecule has 1 atom stereocenters. The average Bonchev–Trinajstić information content (AvgIpc) is 2.26. The summed E-state index contributed by atoms with van der Waals surface area (Å²) in [5.74, 6) is 0.314. The number of ether oxygens (including phenoxy) is 1. The van der Waals surface area contributed by atoms with Crippen LogP contribution in [0.2, 0.25) is 0 Å². The molecule has 0 aliphatic heterocycles. The summed E-state index contributed by atoms with van der Waals surface area (Å²) >= 11 is 0. The van der Waals surface area contributed by atoms with Gasteiger partial charge in [-0.2, -0.15) is 0 Å². The minimum Gasteiger partial charge on any atom is -0.491 e. The molecule has 0 radical (unpaired) electrons. The first-order chi connectivity index (χ1) is 7.93. The fraction of sp³-hybridized carbons (Fsp3) is 0.500. The highest BCUT2D eigenvalue weighted by Gasteiger charge is 2.14. The van der Waals surface area contributed by atoms with Gasteiger partial charge in [0, 0.05) is 18.6 Å². The Labute approximate surface area is 100 Å². The van der Waals surface area contributed by atoms with Crippen molar-refractivity contribution in [3.63, 3.8) is 0 Å². The summed E-state index contributed by atoms with van der Waals surface area (Å²) in [6.45, 7) is 5.46. The van der Waals surface area contributed by atoms with Gasteiger partial charge in [-0.15, -0.1) is 0 Å². The number of non-ortho nitro benzene ring substituents is 1. The molecule has 0 amide bonds. The molecule has 0 heterocycles. The first kappa shape index (κ1) is 13.4. The Morgan fingerprint density at radius 3 is 2.47 bits per heavy atom. The summed E-state index contributed by atoms with van der Waals surface area (Å²) in [6.07, 6.45) is -0.0470. The van der Waals surface area contributed by atoms with E-state index in [0.29, 0.717) is 11.3 Å². The van der Waals surface area contributed by atoms with E-state index in [4.69, 9.17) is 9.84 Å². The summed E-state index contributed by atoms with van der Waals surface area (Å²) < 4.78 is 5.45. The van der Waals surface area contributed by atoms with Crippen LogP contribution in [0.15, 0.2) is 18.2 Å². The summed E-state index contributed by atoms with van der Waals surface area (Å²) in [6, 6.07) is 4.59. The highest BCUT2D eigenvalue weighted by Crippen LogP contribution is 2.27. The number of benzene rings is 1. The van der Waals surface area contributed by atoms with Gasteiger partial charge in [-0.25, -0.2) is 0 Å². The van der Waals surface area contributed by atoms with Crippen LogP contribution in [0, 0.1) is 10.1 Å². The van der Waals surface area contributed by atoms with Crippen LogP contribution < -0.4 is 4.74 Å². The van der Waals surface area contributed by atoms with Crippen LogP contribution in [0.3, 0.4) is 0 Å². The normalized spacial score (nSPS) is 12.5. The van der Waals surface area contributed by atoms with Gasteiger partial charge in [0.1, 0.15) is 5.75 Å². The van der Waals surface area contributed by atoms with E-state index in [2.05, 4.69) is 0 Å². The number of aliphatic hydroxyl groups is 1. The molecule has 0 saturated heterocycles. The van der Waals surface area contributed by atoms with Crippen molar-refractivity contribution in [2.75, 3.05) is 6.61 Å². The molecule has 94 valence electrons. The van der Waals surface area contributed by atoms with Crippen molar-refractivity contribution in [3.8, 4) is 5.75 Å². The fourth-order valence-electron chi connectivity index (χ4n) is 1.44. The Bertz CT molecular complexity index is 403. The topological polar surface area (TPSA) is 72.6 Å². The number of nitro benzene ring substituents is 1. The van der Waals surface area contributed by atoms with Gasteiger partial charge in [0.2, 0.25) is 0 Å². The molecule has 0 saturated carbocycles. The fourth-order valence-corrected chi connectivity index (χ4v) is 1.44. The molecule has 0 aliphatic rings. The third-order valence-electron chi connectivity index (χ3n) is 2.34. The van der Waals surface area contributed by atoms with Crippen molar-refractivity contribution in [3.05, 3.63) is 33.9 Å². The molecular weight excluding hydrogens is 222 g/mol. The van der Waals surface area contributed by atoms with Crippen molar-refractivity contribution >= 4 is 5.69 Å². The largest absolute Gasteiger partial charge is 0.491 e. The zero-order valence-corrected chi connectivity index (χ0v) is 10.2. The minimum absolute atomic E-state index is 0.0153. The molecule has 1 aromatic rings. The van der Waals surface area contributed by atoms with Gasteiger partial charge < -0.3 is 9.84 Å². The monoisotopic (exact) mass is 239 g/mol. The van der Waals surface area contributed by atoms with E-state index in [0.717, 1.165) is 0 Å². The Morgan fingerprint density at radius 1 is 1.35 bits per heavy atom. The van der Waals surface area contributed by atoms with E-state index in [1.807, 2.05) is 13.8 Å². The highest BCUT2D eigenvalue weighted by molar-refractivity contribution is 5.44. The Morgan fingerprint density at radius 2 is 2.00 bits per heavy atom. The van der Waals surface area contributed by atoms with E-state index >= 15 is 0 Å². The molecule has 1 N–H and O–H groups in total. The molecular formula is C12H17NO4.